The molecule has 0 spiro atoms. The number of carbonyl (C=O) groups excluding carboxylic acids is 2. The van der Waals surface area contributed by atoms with Gasteiger partial charge in [-0.1, -0.05) is 23.8 Å². The van der Waals surface area contributed by atoms with Crippen molar-refractivity contribution in [3.63, 3.8) is 0 Å². The third-order valence-electron chi connectivity index (χ3n) is 5.30. The van der Waals surface area contributed by atoms with E-state index in [1.807, 2.05) is 38.1 Å². The molecule has 9 heteroatoms. The van der Waals surface area contributed by atoms with Crippen LogP contribution in [0.1, 0.15) is 28.6 Å². The summed E-state index contributed by atoms with van der Waals surface area (Å²) in [4.78, 5) is 25.0. The number of carbonyl (C=O) groups is 2. The predicted molar refractivity (Wildman–Crippen MR) is 141 cm³/mol. The van der Waals surface area contributed by atoms with E-state index in [9.17, 15) is 9.59 Å². The van der Waals surface area contributed by atoms with E-state index in [1.165, 1.54) is 13.3 Å². The van der Waals surface area contributed by atoms with Crippen molar-refractivity contribution >= 4 is 34.7 Å². The molecule has 4 rings (SSSR count). The summed E-state index contributed by atoms with van der Waals surface area (Å²) in [6.45, 7) is 4.16. The molecule has 0 fully saturated rings. The first kappa shape index (κ1) is 25.3. The van der Waals surface area contributed by atoms with Gasteiger partial charge in [0.2, 0.25) is 0 Å². The van der Waals surface area contributed by atoms with Crippen molar-refractivity contribution in [3.8, 4) is 17.2 Å². The van der Waals surface area contributed by atoms with Gasteiger partial charge in [0.25, 0.3) is 5.91 Å². The molecule has 4 aromatic rings. The quantitative estimate of drug-likeness (QED) is 0.235. The lowest BCUT2D eigenvalue weighted by molar-refractivity contribution is -0.118. The monoisotopic (exact) mass is 501 g/mol. The Kier molecular flexibility index (Phi) is 8.05. The van der Waals surface area contributed by atoms with Crippen molar-refractivity contribution in [2.45, 2.75) is 13.8 Å². The van der Waals surface area contributed by atoms with E-state index in [4.69, 9.17) is 18.6 Å². The molecule has 0 aliphatic rings. The maximum absolute atomic E-state index is 12.6. The van der Waals surface area contributed by atoms with Crippen LogP contribution in [-0.4, -0.2) is 38.4 Å². The summed E-state index contributed by atoms with van der Waals surface area (Å²) in [7, 11) is 1.50. The molecule has 3 aromatic carbocycles. The SMILES string of the molecule is CCOc1ccc2oc(C(=O)N/N=C/c3cccc(OC)c3OCC(=O)Nc3ccc(C)cc3)cc2c1. The number of amides is 2. The summed E-state index contributed by atoms with van der Waals surface area (Å²) in [5.74, 6) is 0.682. The number of nitrogens with zero attached hydrogens (tertiary/aromatic N) is 1. The smallest absolute Gasteiger partial charge is 0.307 e. The van der Waals surface area contributed by atoms with Gasteiger partial charge in [-0.05, 0) is 62.4 Å². The molecule has 0 atom stereocenters. The highest BCUT2D eigenvalue weighted by atomic mass is 16.5. The number of nitrogens with one attached hydrogen (secondary N) is 2. The van der Waals surface area contributed by atoms with Crippen molar-refractivity contribution in [2.24, 2.45) is 5.10 Å². The fourth-order valence-electron chi connectivity index (χ4n) is 3.53. The van der Waals surface area contributed by atoms with Crippen LogP contribution >= 0.6 is 0 Å². The molecule has 0 aliphatic heterocycles. The lowest BCUT2D eigenvalue weighted by atomic mass is 10.2. The van der Waals surface area contributed by atoms with Gasteiger partial charge >= 0.3 is 5.91 Å². The number of aryl methyl sites for hydroxylation is 1. The van der Waals surface area contributed by atoms with Gasteiger partial charge in [-0.25, -0.2) is 5.43 Å². The molecule has 0 saturated heterocycles. The van der Waals surface area contributed by atoms with E-state index < -0.39 is 5.91 Å². The third kappa shape index (κ3) is 6.46. The van der Waals surface area contributed by atoms with Crippen LogP contribution in [0.15, 0.2) is 76.2 Å². The van der Waals surface area contributed by atoms with E-state index in [2.05, 4.69) is 15.8 Å². The fourth-order valence-corrected chi connectivity index (χ4v) is 3.53. The van der Waals surface area contributed by atoms with Gasteiger partial charge in [0.05, 0.1) is 19.9 Å². The molecule has 1 heterocycles. The fraction of sp³-hybridized carbons (Fsp3) is 0.179. The van der Waals surface area contributed by atoms with Gasteiger partial charge in [-0.15, -0.1) is 0 Å². The predicted octanol–water partition coefficient (Wildman–Crippen LogP) is 4.93. The maximum Gasteiger partial charge on any atom is 0.307 e. The Balaban J connectivity index is 1.42. The molecule has 0 unspecified atom stereocenters. The summed E-state index contributed by atoms with van der Waals surface area (Å²) in [5.41, 5.74) is 5.28. The zero-order chi connectivity index (χ0) is 26.2. The maximum atomic E-state index is 12.6. The summed E-state index contributed by atoms with van der Waals surface area (Å²) < 4.78 is 22.2. The van der Waals surface area contributed by atoms with Crippen LogP contribution in [0.2, 0.25) is 0 Å². The standard InChI is InChI=1S/C28H27N3O6/c1-4-35-22-12-13-23-20(14-22)15-25(37-23)28(33)31-29-16-19-6-5-7-24(34-3)27(19)36-17-26(32)30-21-10-8-18(2)9-11-21/h5-16H,4,17H2,1-3H3,(H,30,32)(H,31,33)/b29-16+. The number of rotatable bonds is 10. The van der Waals surface area contributed by atoms with Crippen molar-refractivity contribution in [1.82, 2.24) is 5.43 Å². The number of benzene rings is 3. The normalized spacial score (nSPS) is 10.9. The summed E-state index contributed by atoms with van der Waals surface area (Å²) in [5, 5.41) is 7.55. The van der Waals surface area contributed by atoms with Crippen LogP contribution in [0.3, 0.4) is 0 Å². The first-order valence-electron chi connectivity index (χ1n) is 11.6. The first-order valence-corrected chi connectivity index (χ1v) is 11.6. The molecule has 2 N–H and O–H groups in total. The molecule has 37 heavy (non-hydrogen) atoms. The number of ether oxygens (including phenoxy) is 3. The average molecular weight is 502 g/mol. The third-order valence-corrected chi connectivity index (χ3v) is 5.30. The lowest BCUT2D eigenvalue weighted by Crippen LogP contribution is -2.21. The van der Waals surface area contributed by atoms with Gasteiger partial charge in [0, 0.05) is 16.6 Å². The molecular weight excluding hydrogens is 474 g/mol. The minimum Gasteiger partial charge on any atom is -0.494 e. The Hall–Kier alpha value is -4.79. The van der Waals surface area contributed by atoms with Gasteiger partial charge in [0.1, 0.15) is 11.3 Å². The first-order chi connectivity index (χ1) is 18.0. The van der Waals surface area contributed by atoms with E-state index in [1.54, 1.807) is 42.5 Å². The number of anilines is 1. The highest BCUT2D eigenvalue weighted by Gasteiger charge is 2.14. The molecular formula is C28H27N3O6. The van der Waals surface area contributed by atoms with Crippen LogP contribution in [-0.2, 0) is 4.79 Å². The van der Waals surface area contributed by atoms with Crippen molar-refractivity contribution in [3.05, 3.63) is 83.6 Å². The average Bonchev–Trinajstić information content (AvgIpc) is 3.33. The van der Waals surface area contributed by atoms with Gasteiger partial charge in [-0.3, -0.25) is 9.59 Å². The van der Waals surface area contributed by atoms with E-state index in [0.717, 1.165) is 10.9 Å². The highest BCUT2D eigenvalue weighted by Crippen LogP contribution is 2.30. The van der Waals surface area contributed by atoms with Crippen LogP contribution in [0, 0.1) is 6.92 Å². The van der Waals surface area contributed by atoms with Gasteiger partial charge < -0.3 is 23.9 Å². The highest BCUT2D eigenvalue weighted by molar-refractivity contribution is 5.97. The van der Waals surface area contributed by atoms with Crippen molar-refractivity contribution in [1.29, 1.82) is 0 Å². The minimum atomic E-state index is -0.520. The van der Waals surface area contributed by atoms with Crippen molar-refractivity contribution in [2.75, 3.05) is 25.6 Å². The molecule has 0 saturated carbocycles. The minimum absolute atomic E-state index is 0.107. The second-order valence-electron chi connectivity index (χ2n) is 8.02. The van der Waals surface area contributed by atoms with Gasteiger partial charge in [0.15, 0.2) is 23.9 Å². The van der Waals surface area contributed by atoms with E-state index >= 15 is 0 Å². The van der Waals surface area contributed by atoms with E-state index in [-0.39, 0.29) is 18.3 Å². The Labute approximate surface area is 214 Å². The summed E-state index contributed by atoms with van der Waals surface area (Å²) in [6, 6.07) is 19.6. The number of methoxy groups -OCH3 is 1. The largest absolute Gasteiger partial charge is 0.494 e. The Morgan fingerprint density at radius 1 is 1.03 bits per heavy atom. The zero-order valence-corrected chi connectivity index (χ0v) is 20.7. The molecule has 0 bridgehead atoms. The molecule has 2 amide bonds. The number of hydrogen-bond acceptors (Lipinski definition) is 7. The molecule has 1 aromatic heterocycles. The topological polar surface area (TPSA) is 111 Å². The Morgan fingerprint density at radius 3 is 2.59 bits per heavy atom. The number of fused-ring (bicyclic) bond motifs is 1. The van der Waals surface area contributed by atoms with E-state index in [0.29, 0.717) is 40.7 Å². The van der Waals surface area contributed by atoms with Crippen LogP contribution in [0.25, 0.3) is 11.0 Å². The number of para-hydroxylation sites is 1. The summed E-state index contributed by atoms with van der Waals surface area (Å²) in [6.07, 6.45) is 1.41. The molecule has 9 nitrogen and oxygen atoms in total. The van der Waals surface area contributed by atoms with Crippen LogP contribution in [0.5, 0.6) is 17.2 Å². The second-order valence-corrected chi connectivity index (χ2v) is 8.02. The van der Waals surface area contributed by atoms with Crippen LogP contribution in [0.4, 0.5) is 5.69 Å². The van der Waals surface area contributed by atoms with Crippen molar-refractivity contribution < 1.29 is 28.2 Å². The Bertz CT molecular complexity index is 1430. The number of hydrazone groups is 1. The number of furan rings is 1. The molecule has 0 radical (unpaired) electrons. The lowest BCUT2D eigenvalue weighted by Gasteiger charge is -2.13. The number of hydrogen-bond donors (Lipinski definition) is 2. The van der Waals surface area contributed by atoms with Gasteiger partial charge in [-0.2, -0.15) is 5.10 Å². The Morgan fingerprint density at radius 2 is 1.84 bits per heavy atom. The molecule has 190 valence electrons. The second kappa shape index (κ2) is 11.8. The summed E-state index contributed by atoms with van der Waals surface area (Å²) >= 11 is 0. The zero-order valence-electron chi connectivity index (χ0n) is 20.7. The van der Waals surface area contributed by atoms with Crippen LogP contribution < -0.4 is 25.0 Å². The molecule has 0 aliphatic carbocycles.